The van der Waals surface area contributed by atoms with Crippen LogP contribution >= 0.6 is 0 Å². The number of tetrazole rings is 1. The fraction of sp³-hybridized carbons (Fsp3) is 0.469. The third-order valence-electron chi connectivity index (χ3n) is 9.43. The first-order chi connectivity index (χ1) is 21.2. The van der Waals surface area contributed by atoms with Gasteiger partial charge in [-0.25, -0.2) is 5.10 Å². The minimum atomic E-state index is -0.865. The summed E-state index contributed by atoms with van der Waals surface area (Å²) in [5.41, 5.74) is 3.80. The van der Waals surface area contributed by atoms with Crippen molar-refractivity contribution < 1.29 is 14.4 Å². The second-order valence-electron chi connectivity index (χ2n) is 12.2. The van der Waals surface area contributed by atoms with Crippen LogP contribution in [0.2, 0.25) is 0 Å². The number of H-pyrrole nitrogens is 1. The molecular weight excluding hydrogens is 558 g/mol. The maximum absolute atomic E-state index is 13.4. The van der Waals surface area contributed by atoms with Crippen LogP contribution in [-0.4, -0.2) is 81.5 Å². The van der Waals surface area contributed by atoms with Crippen LogP contribution < -0.4 is 16.0 Å². The van der Waals surface area contributed by atoms with Crippen molar-refractivity contribution in [3.05, 3.63) is 75.6 Å². The molecule has 228 valence electrons. The van der Waals surface area contributed by atoms with Gasteiger partial charge in [0.1, 0.15) is 6.04 Å². The van der Waals surface area contributed by atoms with Gasteiger partial charge >= 0.3 is 0 Å². The smallest absolute Gasteiger partial charge is 0.251 e. The quantitative estimate of drug-likeness (QED) is 0.275. The van der Waals surface area contributed by atoms with Gasteiger partial charge in [-0.15, -0.1) is 5.10 Å². The lowest BCUT2D eigenvalue weighted by Gasteiger charge is -2.38. The topological polar surface area (TPSA) is 169 Å². The molecule has 0 bridgehead atoms. The number of amides is 3. The highest BCUT2D eigenvalue weighted by molar-refractivity contribution is 5.95. The SMILES string of the molecule is CNC(=O)c1ccc2c(c1)CCc1cc(C(=O)NC)ccc1C2(CC1(NCC(=O)N(C(C)C#N)C2CC2)CC1)c1nnn[nH]1. The number of fused-ring (bicyclic) bond motifs is 2. The molecule has 0 saturated heterocycles. The number of benzene rings is 2. The van der Waals surface area contributed by atoms with Crippen LogP contribution in [0.4, 0.5) is 0 Å². The molecule has 2 saturated carbocycles. The predicted octanol–water partition coefficient (Wildman–Crippen LogP) is 1.77. The lowest BCUT2D eigenvalue weighted by molar-refractivity contribution is -0.132. The number of aromatic amines is 1. The second kappa shape index (κ2) is 11.5. The van der Waals surface area contributed by atoms with E-state index in [2.05, 4.69) is 42.6 Å². The summed E-state index contributed by atoms with van der Waals surface area (Å²) in [4.78, 5) is 40.4. The predicted molar refractivity (Wildman–Crippen MR) is 161 cm³/mol. The summed E-state index contributed by atoms with van der Waals surface area (Å²) >= 11 is 0. The van der Waals surface area contributed by atoms with Crippen molar-refractivity contribution >= 4 is 17.7 Å². The fourth-order valence-electron chi connectivity index (χ4n) is 6.87. The van der Waals surface area contributed by atoms with E-state index in [9.17, 15) is 19.6 Å². The number of hydrogen-bond acceptors (Lipinski definition) is 8. The summed E-state index contributed by atoms with van der Waals surface area (Å²) in [7, 11) is 3.22. The summed E-state index contributed by atoms with van der Waals surface area (Å²) in [6, 6.07) is 13.4. The molecule has 3 amide bonds. The number of aromatic nitrogens is 4. The van der Waals surface area contributed by atoms with Gasteiger partial charge in [-0.3, -0.25) is 14.4 Å². The van der Waals surface area contributed by atoms with Crippen LogP contribution in [0, 0.1) is 11.3 Å². The van der Waals surface area contributed by atoms with Gasteiger partial charge in [-0.2, -0.15) is 5.26 Å². The third kappa shape index (κ3) is 5.21. The van der Waals surface area contributed by atoms with Crippen molar-refractivity contribution in [3.63, 3.8) is 0 Å². The summed E-state index contributed by atoms with van der Waals surface area (Å²) in [5.74, 6) is 0.137. The fourth-order valence-corrected chi connectivity index (χ4v) is 6.87. The largest absolute Gasteiger partial charge is 0.355 e. The third-order valence-corrected chi connectivity index (χ3v) is 9.43. The first-order valence-electron chi connectivity index (χ1n) is 15.2. The van der Waals surface area contributed by atoms with E-state index < -0.39 is 17.0 Å². The molecule has 12 heteroatoms. The number of carbonyl (C=O) groups is 3. The number of hydrogen-bond donors (Lipinski definition) is 4. The van der Waals surface area contributed by atoms with E-state index in [1.165, 1.54) is 0 Å². The Bertz CT molecular complexity index is 1570. The second-order valence-corrected chi connectivity index (χ2v) is 12.2. The Hall–Kier alpha value is -4.63. The van der Waals surface area contributed by atoms with Crippen LogP contribution in [0.1, 0.15) is 87.8 Å². The van der Waals surface area contributed by atoms with Gasteiger partial charge in [0, 0.05) is 36.8 Å². The molecule has 0 aliphatic heterocycles. The molecule has 0 spiro atoms. The van der Waals surface area contributed by atoms with Gasteiger partial charge < -0.3 is 20.9 Å². The molecule has 2 aromatic carbocycles. The van der Waals surface area contributed by atoms with E-state index in [0.29, 0.717) is 36.2 Å². The summed E-state index contributed by atoms with van der Waals surface area (Å²) in [5, 5.41) is 34.1. The number of aryl methyl sites for hydroxylation is 2. The highest BCUT2D eigenvalue weighted by atomic mass is 16.2. The molecule has 1 unspecified atom stereocenters. The minimum Gasteiger partial charge on any atom is -0.355 e. The van der Waals surface area contributed by atoms with E-state index in [4.69, 9.17) is 0 Å². The first kappa shape index (κ1) is 29.4. The first-order valence-corrected chi connectivity index (χ1v) is 15.2. The summed E-state index contributed by atoms with van der Waals surface area (Å²) < 4.78 is 0. The number of nitriles is 1. The highest BCUT2D eigenvalue weighted by Gasteiger charge is 2.54. The van der Waals surface area contributed by atoms with Crippen molar-refractivity contribution in [2.75, 3.05) is 20.6 Å². The van der Waals surface area contributed by atoms with Gasteiger partial charge in [-0.05, 0) is 109 Å². The zero-order valence-electron chi connectivity index (χ0n) is 25.2. The molecule has 44 heavy (non-hydrogen) atoms. The van der Waals surface area contributed by atoms with Gasteiger partial charge in [-0.1, -0.05) is 12.1 Å². The zero-order valence-corrected chi connectivity index (χ0v) is 25.2. The molecule has 1 atom stereocenters. The Labute approximate surface area is 256 Å². The van der Waals surface area contributed by atoms with Crippen LogP contribution in [0.15, 0.2) is 36.4 Å². The molecule has 2 fully saturated rings. The normalized spacial score (nSPS) is 18.0. The standard InChI is InChI=1S/C32H37N9O3/c1-19(16-33)41(24-8-9-24)27(42)17-36-31(12-13-31)18-32(30-37-39-40-38-30)25-10-6-22(28(43)34-2)14-20(25)4-5-21-15-23(29(44)35-3)7-11-26(21)32/h6-7,10-11,14-15,19,24,36H,4-5,8-9,12-13,17-18H2,1-3H3,(H,34,43)(H,35,44)(H,37,38,39,40). The lowest BCUT2D eigenvalue weighted by atomic mass is 9.67. The zero-order chi connectivity index (χ0) is 31.1. The van der Waals surface area contributed by atoms with Crippen molar-refractivity contribution in [3.8, 4) is 6.07 Å². The average Bonchev–Trinajstić information content (AvgIpc) is 3.98. The van der Waals surface area contributed by atoms with Crippen molar-refractivity contribution in [2.24, 2.45) is 0 Å². The van der Waals surface area contributed by atoms with Crippen molar-refractivity contribution in [2.45, 2.75) is 74.9 Å². The summed E-state index contributed by atoms with van der Waals surface area (Å²) in [6.45, 7) is 1.90. The number of nitrogens with zero attached hydrogens (tertiary/aromatic N) is 5. The molecule has 3 aliphatic rings. The van der Waals surface area contributed by atoms with E-state index in [1.54, 1.807) is 25.9 Å². The number of carbonyl (C=O) groups excluding carboxylic acids is 3. The van der Waals surface area contributed by atoms with Crippen LogP contribution in [0.25, 0.3) is 0 Å². The molecular formula is C32H37N9O3. The lowest BCUT2D eigenvalue weighted by Crippen LogP contribution is -2.49. The molecule has 1 heterocycles. The van der Waals surface area contributed by atoms with Crippen molar-refractivity contribution in [1.29, 1.82) is 5.26 Å². The molecule has 3 aromatic rings. The van der Waals surface area contributed by atoms with Crippen LogP contribution in [0.5, 0.6) is 0 Å². The van der Waals surface area contributed by atoms with E-state index >= 15 is 0 Å². The Balaban J connectivity index is 1.45. The minimum absolute atomic E-state index is 0.0738. The molecule has 6 rings (SSSR count). The Morgan fingerprint density at radius 3 is 2.07 bits per heavy atom. The Kier molecular flexibility index (Phi) is 7.67. The average molecular weight is 596 g/mol. The van der Waals surface area contributed by atoms with Gasteiger partial charge in [0.2, 0.25) is 5.91 Å². The molecule has 1 aromatic heterocycles. The van der Waals surface area contributed by atoms with Crippen LogP contribution in [-0.2, 0) is 23.1 Å². The Morgan fingerprint density at radius 2 is 1.61 bits per heavy atom. The van der Waals surface area contributed by atoms with Gasteiger partial charge in [0.05, 0.1) is 18.0 Å². The summed E-state index contributed by atoms with van der Waals surface area (Å²) in [6.07, 6.45) is 5.38. The Morgan fingerprint density at radius 1 is 1.02 bits per heavy atom. The molecule has 0 radical (unpaired) electrons. The maximum atomic E-state index is 13.4. The van der Waals surface area contributed by atoms with E-state index in [1.807, 2.05) is 36.4 Å². The van der Waals surface area contributed by atoms with Gasteiger partial charge in [0.15, 0.2) is 5.82 Å². The number of nitrogens with one attached hydrogen (secondary N) is 4. The molecule has 12 nitrogen and oxygen atoms in total. The monoisotopic (exact) mass is 595 g/mol. The van der Waals surface area contributed by atoms with Crippen molar-refractivity contribution in [1.82, 2.24) is 41.5 Å². The number of rotatable bonds is 10. The van der Waals surface area contributed by atoms with Crippen LogP contribution in [0.3, 0.4) is 0 Å². The van der Waals surface area contributed by atoms with Gasteiger partial charge in [0.25, 0.3) is 11.8 Å². The molecule has 3 aliphatic carbocycles. The maximum Gasteiger partial charge on any atom is 0.251 e. The molecule has 4 N–H and O–H groups in total. The highest BCUT2D eigenvalue weighted by Crippen LogP contribution is 2.53. The van der Waals surface area contributed by atoms with E-state index in [-0.39, 0.29) is 30.3 Å². The van der Waals surface area contributed by atoms with E-state index in [0.717, 1.165) is 47.9 Å².